The lowest BCUT2D eigenvalue weighted by molar-refractivity contribution is 0.590. The van der Waals surface area contributed by atoms with Gasteiger partial charge in [0.2, 0.25) is 0 Å². The number of aromatic nitrogens is 5. The average Bonchev–Trinajstić information content (AvgIpc) is 3.20. The van der Waals surface area contributed by atoms with E-state index in [9.17, 15) is 4.39 Å². The summed E-state index contributed by atoms with van der Waals surface area (Å²) in [4.78, 5) is 4.33. The molecule has 0 saturated carbocycles. The van der Waals surface area contributed by atoms with Crippen LogP contribution < -0.4 is 5.32 Å². The Hall–Kier alpha value is -3.22. The van der Waals surface area contributed by atoms with Crippen LogP contribution in [-0.2, 0) is 6.54 Å². The zero-order valence-electron chi connectivity index (χ0n) is 12.1. The molecule has 114 valence electrons. The highest BCUT2D eigenvalue weighted by molar-refractivity contribution is 5.80. The van der Waals surface area contributed by atoms with Gasteiger partial charge in [0.25, 0.3) is 0 Å². The number of nitrogens with zero attached hydrogens (tertiary/aromatic N) is 4. The standard InChI is InChI=1S/C16H13FN6/c17-13-4-2-1-3-11(13)10-23-14-7-16(18-8-12(14)9-20-23)21-15-5-6-19-22-15/h1-9H,10H2,(H2,18,19,21,22). The maximum atomic E-state index is 13.8. The number of hydrogen-bond acceptors (Lipinski definition) is 4. The molecule has 0 radical (unpaired) electrons. The number of benzene rings is 1. The van der Waals surface area contributed by atoms with Crippen molar-refractivity contribution in [3.05, 3.63) is 66.4 Å². The summed E-state index contributed by atoms with van der Waals surface area (Å²) in [5.74, 6) is 1.18. The molecule has 4 rings (SSSR count). The predicted molar refractivity (Wildman–Crippen MR) is 84.9 cm³/mol. The molecule has 0 aliphatic carbocycles. The Morgan fingerprint density at radius 1 is 1.17 bits per heavy atom. The highest BCUT2D eigenvalue weighted by atomic mass is 19.1. The van der Waals surface area contributed by atoms with Crippen molar-refractivity contribution in [3.8, 4) is 0 Å². The SMILES string of the molecule is Fc1ccccc1Cn1ncc2cnc(Nc3ccn[nH]3)cc21. The van der Waals surface area contributed by atoms with Crippen LogP contribution in [0.25, 0.3) is 10.9 Å². The number of pyridine rings is 1. The quantitative estimate of drug-likeness (QED) is 0.608. The largest absolute Gasteiger partial charge is 0.325 e. The Balaban J connectivity index is 1.69. The van der Waals surface area contributed by atoms with E-state index < -0.39 is 0 Å². The van der Waals surface area contributed by atoms with E-state index in [1.54, 1.807) is 35.4 Å². The van der Waals surface area contributed by atoms with Crippen molar-refractivity contribution < 1.29 is 4.39 Å². The number of anilines is 2. The highest BCUT2D eigenvalue weighted by Gasteiger charge is 2.08. The van der Waals surface area contributed by atoms with Crippen molar-refractivity contribution in [1.82, 2.24) is 25.0 Å². The molecule has 4 aromatic rings. The fraction of sp³-hybridized carbons (Fsp3) is 0.0625. The van der Waals surface area contributed by atoms with Crippen LogP contribution in [0.4, 0.5) is 16.0 Å². The number of halogens is 1. The second kappa shape index (κ2) is 5.53. The van der Waals surface area contributed by atoms with Gasteiger partial charge in [-0.1, -0.05) is 18.2 Å². The lowest BCUT2D eigenvalue weighted by atomic mass is 10.2. The maximum absolute atomic E-state index is 13.8. The number of nitrogens with one attached hydrogen (secondary N) is 2. The molecule has 0 amide bonds. The number of hydrogen-bond donors (Lipinski definition) is 2. The molecular formula is C16H13FN6. The third-order valence-electron chi connectivity index (χ3n) is 3.57. The first-order chi connectivity index (χ1) is 11.3. The van der Waals surface area contributed by atoms with Gasteiger partial charge in [-0.2, -0.15) is 10.2 Å². The van der Waals surface area contributed by atoms with Crippen LogP contribution in [0, 0.1) is 5.82 Å². The Morgan fingerprint density at radius 3 is 2.91 bits per heavy atom. The summed E-state index contributed by atoms with van der Waals surface area (Å²) in [7, 11) is 0. The second-order valence-electron chi connectivity index (χ2n) is 5.12. The molecule has 23 heavy (non-hydrogen) atoms. The molecule has 0 unspecified atom stereocenters. The molecule has 0 aliphatic heterocycles. The predicted octanol–water partition coefficient (Wildman–Crippen LogP) is 3.09. The van der Waals surface area contributed by atoms with Crippen molar-refractivity contribution in [3.63, 3.8) is 0 Å². The molecule has 0 atom stereocenters. The molecule has 0 spiro atoms. The molecular weight excluding hydrogens is 295 g/mol. The third kappa shape index (κ3) is 2.64. The number of H-pyrrole nitrogens is 1. The van der Waals surface area contributed by atoms with Crippen LogP contribution in [0.15, 0.2) is 55.0 Å². The molecule has 3 heterocycles. The van der Waals surface area contributed by atoms with E-state index in [2.05, 4.69) is 25.6 Å². The van der Waals surface area contributed by atoms with Crippen molar-refractivity contribution in [2.75, 3.05) is 5.32 Å². The molecule has 6 nitrogen and oxygen atoms in total. The average molecular weight is 308 g/mol. The van der Waals surface area contributed by atoms with Crippen LogP contribution in [0.3, 0.4) is 0 Å². The van der Waals surface area contributed by atoms with E-state index in [-0.39, 0.29) is 5.82 Å². The molecule has 0 fully saturated rings. The summed E-state index contributed by atoms with van der Waals surface area (Å²) in [6.07, 6.45) is 5.12. The van der Waals surface area contributed by atoms with Gasteiger partial charge in [-0.05, 0) is 6.07 Å². The zero-order chi connectivity index (χ0) is 15.6. The number of aromatic amines is 1. The topological polar surface area (TPSA) is 71.4 Å². The molecule has 0 bridgehead atoms. The first-order valence-electron chi connectivity index (χ1n) is 7.11. The van der Waals surface area contributed by atoms with E-state index in [1.165, 1.54) is 6.07 Å². The van der Waals surface area contributed by atoms with Gasteiger partial charge in [0.05, 0.1) is 24.5 Å². The lowest BCUT2D eigenvalue weighted by Gasteiger charge is -2.07. The molecule has 2 N–H and O–H groups in total. The van der Waals surface area contributed by atoms with Gasteiger partial charge >= 0.3 is 0 Å². The number of fused-ring (bicyclic) bond motifs is 1. The molecule has 7 heteroatoms. The van der Waals surface area contributed by atoms with E-state index in [0.29, 0.717) is 17.9 Å². The lowest BCUT2D eigenvalue weighted by Crippen LogP contribution is -2.04. The van der Waals surface area contributed by atoms with Gasteiger partial charge in [-0.25, -0.2) is 9.37 Å². The van der Waals surface area contributed by atoms with Crippen LogP contribution in [0.2, 0.25) is 0 Å². The maximum Gasteiger partial charge on any atom is 0.133 e. The molecule has 3 aromatic heterocycles. The summed E-state index contributed by atoms with van der Waals surface area (Å²) in [6, 6.07) is 10.4. The minimum absolute atomic E-state index is 0.235. The van der Waals surface area contributed by atoms with E-state index in [0.717, 1.165) is 16.7 Å². The molecule has 0 saturated heterocycles. The Morgan fingerprint density at radius 2 is 2.09 bits per heavy atom. The Kier molecular flexibility index (Phi) is 3.23. The first kappa shape index (κ1) is 13.4. The van der Waals surface area contributed by atoms with Gasteiger partial charge in [-0.3, -0.25) is 9.78 Å². The minimum Gasteiger partial charge on any atom is -0.325 e. The second-order valence-corrected chi connectivity index (χ2v) is 5.12. The normalized spacial score (nSPS) is 11.0. The summed E-state index contributed by atoms with van der Waals surface area (Å²) in [5.41, 5.74) is 1.47. The molecule has 0 aliphatic rings. The van der Waals surface area contributed by atoms with E-state index in [1.807, 2.05) is 18.2 Å². The van der Waals surface area contributed by atoms with Crippen LogP contribution in [0.5, 0.6) is 0 Å². The summed E-state index contributed by atoms with van der Waals surface area (Å²) < 4.78 is 15.6. The van der Waals surface area contributed by atoms with Crippen molar-refractivity contribution in [2.24, 2.45) is 0 Å². The van der Waals surface area contributed by atoms with Crippen LogP contribution in [-0.4, -0.2) is 25.0 Å². The van der Waals surface area contributed by atoms with Gasteiger partial charge in [0.1, 0.15) is 17.5 Å². The van der Waals surface area contributed by atoms with Crippen molar-refractivity contribution >= 4 is 22.5 Å². The Bertz CT molecular complexity index is 944. The van der Waals surface area contributed by atoms with Gasteiger partial charge < -0.3 is 5.32 Å². The van der Waals surface area contributed by atoms with Crippen molar-refractivity contribution in [1.29, 1.82) is 0 Å². The fourth-order valence-corrected chi connectivity index (χ4v) is 2.42. The molecule has 1 aromatic carbocycles. The smallest absolute Gasteiger partial charge is 0.133 e. The minimum atomic E-state index is -0.235. The first-order valence-corrected chi connectivity index (χ1v) is 7.11. The highest BCUT2D eigenvalue weighted by Crippen LogP contribution is 2.20. The summed E-state index contributed by atoms with van der Waals surface area (Å²) >= 11 is 0. The van der Waals surface area contributed by atoms with Crippen LogP contribution >= 0.6 is 0 Å². The summed E-state index contributed by atoms with van der Waals surface area (Å²) in [6.45, 7) is 0.365. The monoisotopic (exact) mass is 308 g/mol. The van der Waals surface area contributed by atoms with E-state index >= 15 is 0 Å². The Labute approximate surface area is 131 Å². The number of rotatable bonds is 4. The third-order valence-corrected chi connectivity index (χ3v) is 3.57. The summed E-state index contributed by atoms with van der Waals surface area (Å²) in [5, 5.41) is 15.1. The fourth-order valence-electron chi connectivity index (χ4n) is 2.42. The van der Waals surface area contributed by atoms with Crippen molar-refractivity contribution in [2.45, 2.75) is 6.54 Å². The zero-order valence-corrected chi connectivity index (χ0v) is 12.1. The van der Waals surface area contributed by atoms with E-state index in [4.69, 9.17) is 0 Å². The van der Waals surface area contributed by atoms with Gasteiger partial charge in [-0.15, -0.1) is 0 Å². The van der Waals surface area contributed by atoms with Crippen LogP contribution in [0.1, 0.15) is 5.56 Å². The van der Waals surface area contributed by atoms with Gasteiger partial charge in [0.15, 0.2) is 0 Å². The van der Waals surface area contributed by atoms with Gasteiger partial charge in [0, 0.05) is 29.3 Å².